The van der Waals surface area contributed by atoms with Crippen LogP contribution >= 0.6 is 23.1 Å². The molecular weight excluding hydrogens is 236 g/mol. The zero-order chi connectivity index (χ0) is 12.0. The summed E-state index contributed by atoms with van der Waals surface area (Å²) in [5.41, 5.74) is 1.20. The van der Waals surface area contributed by atoms with Crippen molar-refractivity contribution in [2.45, 2.75) is 39.7 Å². The van der Waals surface area contributed by atoms with Crippen LogP contribution in [-0.4, -0.2) is 23.5 Å². The molecule has 1 unspecified atom stereocenters. The van der Waals surface area contributed by atoms with E-state index < -0.39 is 0 Å². The van der Waals surface area contributed by atoms with E-state index in [1.807, 2.05) is 23.1 Å². The smallest absolute Gasteiger partial charge is 0.0928 e. The molecule has 1 heterocycles. The monoisotopic (exact) mass is 258 g/mol. The third-order valence-electron chi connectivity index (χ3n) is 2.55. The maximum atomic E-state index is 4.57. The van der Waals surface area contributed by atoms with Crippen LogP contribution < -0.4 is 5.32 Å². The molecule has 1 aromatic rings. The van der Waals surface area contributed by atoms with Crippen LogP contribution in [0.3, 0.4) is 0 Å². The van der Waals surface area contributed by atoms with Crippen molar-refractivity contribution >= 4 is 23.1 Å². The molecule has 1 rings (SSSR count). The molecule has 0 amide bonds. The molecule has 2 nitrogen and oxygen atoms in total. The van der Waals surface area contributed by atoms with Gasteiger partial charge in [0.15, 0.2) is 0 Å². The second-order valence-electron chi connectivity index (χ2n) is 3.93. The van der Waals surface area contributed by atoms with Gasteiger partial charge in [-0.1, -0.05) is 6.92 Å². The Kier molecular flexibility index (Phi) is 6.39. The summed E-state index contributed by atoms with van der Waals surface area (Å²) >= 11 is 3.76. The molecule has 1 aromatic heterocycles. The van der Waals surface area contributed by atoms with Crippen LogP contribution in [0.5, 0.6) is 0 Å². The summed E-state index contributed by atoms with van der Waals surface area (Å²) in [6.45, 7) is 7.61. The van der Waals surface area contributed by atoms with E-state index in [4.69, 9.17) is 0 Å². The van der Waals surface area contributed by atoms with Crippen LogP contribution in [0.15, 0.2) is 0 Å². The normalized spacial score (nSPS) is 13.0. The van der Waals surface area contributed by atoms with Gasteiger partial charge in [0.25, 0.3) is 0 Å². The van der Waals surface area contributed by atoms with Crippen molar-refractivity contribution in [1.29, 1.82) is 0 Å². The predicted molar refractivity (Wildman–Crippen MR) is 75.6 cm³/mol. The van der Waals surface area contributed by atoms with Gasteiger partial charge in [-0.15, -0.1) is 11.3 Å². The number of rotatable bonds is 7. The van der Waals surface area contributed by atoms with Crippen molar-refractivity contribution in [2.75, 3.05) is 18.6 Å². The average molecular weight is 258 g/mol. The summed E-state index contributed by atoms with van der Waals surface area (Å²) in [5.74, 6) is 1.24. The Hall–Kier alpha value is -0.0600. The minimum Gasteiger partial charge on any atom is -0.309 e. The molecule has 0 radical (unpaired) electrons. The second-order valence-corrected chi connectivity index (χ2v) is 6.03. The van der Waals surface area contributed by atoms with Gasteiger partial charge in [0.05, 0.1) is 10.7 Å². The number of thiazole rings is 1. The molecule has 4 heteroatoms. The Morgan fingerprint density at radius 2 is 2.25 bits per heavy atom. The summed E-state index contributed by atoms with van der Waals surface area (Å²) in [4.78, 5) is 5.97. The quantitative estimate of drug-likeness (QED) is 0.759. The molecule has 0 fully saturated rings. The maximum absolute atomic E-state index is 4.57. The fourth-order valence-electron chi connectivity index (χ4n) is 1.65. The lowest BCUT2D eigenvalue weighted by Gasteiger charge is -2.12. The van der Waals surface area contributed by atoms with Gasteiger partial charge in [-0.2, -0.15) is 11.8 Å². The SMILES string of the molecule is CCc1nc(C)c(C(C)NCCCSC)s1. The lowest BCUT2D eigenvalue weighted by Crippen LogP contribution is -2.20. The van der Waals surface area contributed by atoms with Gasteiger partial charge in [0.2, 0.25) is 0 Å². The highest BCUT2D eigenvalue weighted by molar-refractivity contribution is 7.98. The highest BCUT2D eigenvalue weighted by Gasteiger charge is 2.12. The van der Waals surface area contributed by atoms with E-state index in [1.165, 1.54) is 27.8 Å². The zero-order valence-corrected chi connectivity index (χ0v) is 12.3. The lowest BCUT2D eigenvalue weighted by molar-refractivity contribution is 0.577. The number of nitrogens with one attached hydrogen (secondary N) is 1. The van der Waals surface area contributed by atoms with Gasteiger partial charge >= 0.3 is 0 Å². The third-order valence-corrected chi connectivity index (χ3v) is 4.73. The molecule has 0 aliphatic rings. The Morgan fingerprint density at radius 3 is 2.81 bits per heavy atom. The summed E-state index contributed by atoms with van der Waals surface area (Å²) in [6, 6.07) is 0.444. The van der Waals surface area contributed by atoms with Crippen molar-refractivity contribution < 1.29 is 0 Å². The number of thioether (sulfide) groups is 1. The largest absolute Gasteiger partial charge is 0.309 e. The van der Waals surface area contributed by atoms with E-state index in [0.717, 1.165) is 13.0 Å². The van der Waals surface area contributed by atoms with Gasteiger partial charge in [0, 0.05) is 10.9 Å². The molecule has 0 bridgehead atoms. The van der Waals surface area contributed by atoms with Gasteiger partial charge in [-0.25, -0.2) is 4.98 Å². The van der Waals surface area contributed by atoms with Crippen molar-refractivity contribution in [3.63, 3.8) is 0 Å². The highest BCUT2D eigenvalue weighted by atomic mass is 32.2. The lowest BCUT2D eigenvalue weighted by atomic mass is 10.2. The maximum Gasteiger partial charge on any atom is 0.0928 e. The van der Waals surface area contributed by atoms with Crippen LogP contribution in [0.2, 0.25) is 0 Å². The second kappa shape index (κ2) is 7.30. The Bertz CT molecular complexity index is 310. The summed E-state index contributed by atoms with van der Waals surface area (Å²) < 4.78 is 0. The first-order chi connectivity index (χ1) is 7.69. The van der Waals surface area contributed by atoms with Crippen LogP contribution in [0.4, 0.5) is 0 Å². The predicted octanol–water partition coefficient (Wildman–Crippen LogP) is 3.42. The molecule has 1 N–H and O–H groups in total. The van der Waals surface area contributed by atoms with Crippen LogP contribution in [0, 0.1) is 6.92 Å². The topological polar surface area (TPSA) is 24.9 Å². The first-order valence-corrected chi connectivity index (χ1v) is 8.08. The molecule has 0 aliphatic heterocycles. The number of aromatic nitrogens is 1. The third kappa shape index (κ3) is 4.07. The van der Waals surface area contributed by atoms with E-state index in [0.29, 0.717) is 6.04 Å². The van der Waals surface area contributed by atoms with Crippen LogP contribution in [0.25, 0.3) is 0 Å². The van der Waals surface area contributed by atoms with Crippen LogP contribution in [-0.2, 0) is 6.42 Å². The molecule has 0 aliphatic carbocycles. The van der Waals surface area contributed by atoms with E-state index in [9.17, 15) is 0 Å². The van der Waals surface area contributed by atoms with Crippen molar-refractivity contribution in [3.05, 3.63) is 15.6 Å². The van der Waals surface area contributed by atoms with Crippen molar-refractivity contribution in [3.8, 4) is 0 Å². The molecule has 0 aromatic carbocycles. The Morgan fingerprint density at radius 1 is 1.50 bits per heavy atom. The molecule has 16 heavy (non-hydrogen) atoms. The van der Waals surface area contributed by atoms with Gasteiger partial charge in [-0.3, -0.25) is 0 Å². The fraction of sp³-hybridized carbons (Fsp3) is 0.750. The standard InChI is InChI=1S/C12H22N2S2/c1-5-11-14-10(3)12(16-11)9(2)13-7-6-8-15-4/h9,13H,5-8H2,1-4H3. The van der Waals surface area contributed by atoms with E-state index in [1.54, 1.807) is 0 Å². The summed E-state index contributed by atoms with van der Waals surface area (Å²) in [6.07, 6.45) is 4.44. The summed E-state index contributed by atoms with van der Waals surface area (Å²) in [5, 5.41) is 4.82. The first kappa shape index (κ1) is 14.0. The molecule has 1 atom stereocenters. The highest BCUT2D eigenvalue weighted by Crippen LogP contribution is 2.25. The number of aryl methyl sites for hydroxylation is 2. The molecule has 92 valence electrons. The zero-order valence-electron chi connectivity index (χ0n) is 10.7. The van der Waals surface area contributed by atoms with E-state index in [-0.39, 0.29) is 0 Å². The van der Waals surface area contributed by atoms with Gasteiger partial charge < -0.3 is 5.32 Å². The number of nitrogens with zero attached hydrogens (tertiary/aromatic N) is 1. The minimum absolute atomic E-state index is 0.444. The minimum atomic E-state index is 0.444. The van der Waals surface area contributed by atoms with Crippen molar-refractivity contribution in [2.24, 2.45) is 0 Å². The average Bonchev–Trinajstić information content (AvgIpc) is 2.66. The van der Waals surface area contributed by atoms with Crippen LogP contribution in [0.1, 0.15) is 41.9 Å². The van der Waals surface area contributed by atoms with Gasteiger partial charge in [-0.05, 0) is 45.2 Å². The van der Waals surface area contributed by atoms with E-state index >= 15 is 0 Å². The van der Waals surface area contributed by atoms with Crippen molar-refractivity contribution in [1.82, 2.24) is 10.3 Å². The molecule has 0 spiro atoms. The molecular formula is C12H22N2S2. The molecule has 0 saturated heterocycles. The summed E-state index contributed by atoms with van der Waals surface area (Å²) in [7, 11) is 0. The Balaban J connectivity index is 2.45. The molecule has 0 saturated carbocycles. The number of hydrogen-bond acceptors (Lipinski definition) is 4. The van der Waals surface area contributed by atoms with E-state index in [2.05, 4.69) is 37.3 Å². The first-order valence-electron chi connectivity index (χ1n) is 5.87. The fourth-order valence-corrected chi connectivity index (χ4v) is 3.11. The van der Waals surface area contributed by atoms with Gasteiger partial charge in [0.1, 0.15) is 0 Å². The number of hydrogen-bond donors (Lipinski definition) is 1. The Labute approximate surface area is 107 Å².